The summed E-state index contributed by atoms with van der Waals surface area (Å²) in [7, 11) is -3.79. The number of hydrogen-bond acceptors (Lipinski definition) is 4. The molecule has 0 saturated heterocycles. The Morgan fingerprint density at radius 2 is 1.62 bits per heavy atom. The van der Waals surface area contributed by atoms with Crippen molar-refractivity contribution in [3.8, 4) is 0 Å². The number of rotatable bonds is 11. The van der Waals surface area contributed by atoms with Gasteiger partial charge in [-0.2, -0.15) is 0 Å². The summed E-state index contributed by atoms with van der Waals surface area (Å²) in [5.74, 6) is -1.24. The SMILES string of the molecule is CCCNC(=O)C(CC)N(Cc1ccc(F)cc1)C(=O)CN(c1cc(C)cc(C)c1)S(C)(=O)=O. The molecule has 2 aromatic carbocycles. The van der Waals surface area contributed by atoms with Crippen LogP contribution in [-0.2, 0) is 26.2 Å². The predicted octanol–water partition coefficient (Wildman–Crippen LogP) is 3.54. The molecule has 0 aliphatic rings. The molecule has 34 heavy (non-hydrogen) atoms. The zero-order valence-electron chi connectivity index (χ0n) is 20.5. The molecule has 1 N–H and O–H groups in total. The van der Waals surface area contributed by atoms with E-state index in [9.17, 15) is 22.4 Å². The lowest BCUT2D eigenvalue weighted by atomic mass is 10.1. The zero-order chi connectivity index (χ0) is 25.5. The summed E-state index contributed by atoms with van der Waals surface area (Å²) in [6.07, 6.45) is 2.13. The van der Waals surface area contributed by atoms with Crippen LogP contribution in [0.1, 0.15) is 43.4 Å². The summed E-state index contributed by atoms with van der Waals surface area (Å²) >= 11 is 0. The van der Waals surface area contributed by atoms with Gasteiger partial charge >= 0.3 is 0 Å². The molecular weight excluding hydrogens is 457 g/mol. The summed E-state index contributed by atoms with van der Waals surface area (Å²) in [4.78, 5) is 27.8. The number of halogens is 1. The largest absolute Gasteiger partial charge is 0.354 e. The van der Waals surface area contributed by atoms with E-state index in [2.05, 4.69) is 5.32 Å². The molecule has 2 amide bonds. The average molecular weight is 492 g/mol. The monoisotopic (exact) mass is 491 g/mol. The molecule has 1 atom stereocenters. The topological polar surface area (TPSA) is 86.8 Å². The van der Waals surface area contributed by atoms with Crippen molar-refractivity contribution in [2.24, 2.45) is 0 Å². The van der Waals surface area contributed by atoms with Crippen LogP contribution in [0.25, 0.3) is 0 Å². The van der Waals surface area contributed by atoms with E-state index in [0.717, 1.165) is 28.1 Å². The lowest BCUT2D eigenvalue weighted by Crippen LogP contribution is -2.52. The first-order chi connectivity index (χ1) is 16.0. The number of benzene rings is 2. The van der Waals surface area contributed by atoms with E-state index in [1.165, 1.54) is 17.0 Å². The molecule has 0 aliphatic carbocycles. The Kier molecular flexibility index (Phi) is 9.61. The molecule has 0 saturated carbocycles. The third-order valence-corrected chi connectivity index (χ3v) is 6.52. The van der Waals surface area contributed by atoms with Crippen molar-refractivity contribution in [3.63, 3.8) is 0 Å². The molecule has 9 heteroatoms. The van der Waals surface area contributed by atoms with Crippen LogP contribution in [0, 0.1) is 19.7 Å². The van der Waals surface area contributed by atoms with Gasteiger partial charge in [-0.3, -0.25) is 13.9 Å². The quantitative estimate of drug-likeness (QED) is 0.521. The van der Waals surface area contributed by atoms with E-state index in [1.54, 1.807) is 31.2 Å². The minimum Gasteiger partial charge on any atom is -0.354 e. The van der Waals surface area contributed by atoms with Crippen molar-refractivity contribution in [1.82, 2.24) is 10.2 Å². The molecule has 0 spiro atoms. The summed E-state index contributed by atoms with van der Waals surface area (Å²) in [5, 5.41) is 2.82. The van der Waals surface area contributed by atoms with Crippen molar-refractivity contribution in [1.29, 1.82) is 0 Å². The molecule has 2 aromatic rings. The highest BCUT2D eigenvalue weighted by atomic mass is 32.2. The normalized spacial score (nSPS) is 12.2. The smallest absolute Gasteiger partial charge is 0.244 e. The Hall–Kier alpha value is -2.94. The van der Waals surface area contributed by atoms with Crippen molar-refractivity contribution in [3.05, 3.63) is 65.0 Å². The highest BCUT2D eigenvalue weighted by Crippen LogP contribution is 2.22. The first-order valence-electron chi connectivity index (χ1n) is 11.3. The molecular formula is C25H34FN3O4S. The lowest BCUT2D eigenvalue weighted by Gasteiger charge is -2.33. The second kappa shape index (κ2) is 12.0. The van der Waals surface area contributed by atoms with Gasteiger partial charge in [0, 0.05) is 13.1 Å². The summed E-state index contributed by atoms with van der Waals surface area (Å²) < 4.78 is 39.8. The Morgan fingerprint density at radius 3 is 2.12 bits per heavy atom. The summed E-state index contributed by atoms with van der Waals surface area (Å²) in [6, 6.07) is 10.2. The van der Waals surface area contributed by atoms with Gasteiger partial charge in [0.15, 0.2) is 0 Å². The van der Waals surface area contributed by atoms with Gasteiger partial charge in [-0.15, -0.1) is 0 Å². The first-order valence-corrected chi connectivity index (χ1v) is 13.2. The van der Waals surface area contributed by atoms with Gasteiger partial charge in [-0.25, -0.2) is 12.8 Å². The number of carbonyl (C=O) groups is 2. The van der Waals surface area contributed by atoms with Crippen LogP contribution in [0.3, 0.4) is 0 Å². The van der Waals surface area contributed by atoms with E-state index in [-0.39, 0.29) is 12.5 Å². The molecule has 7 nitrogen and oxygen atoms in total. The molecule has 186 valence electrons. The maximum Gasteiger partial charge on any atom is 0.244 e. The van der Waals surface area contributed by atoms with Crippen LogP contribution < -0.4 is 9.62 Å². The van der Waals surface area contributed by atoms with Gasteiger partial charge in [0.05, 0.1) is 11.9 Å². The fraction of sp³-hybridized carbons (Fsp3) is 0.440. The molecule has 0 bridgehead atoms. The van der Waals surface area contributed by atoms with E-state index >= 15 is 0 Å². The van der Waals surface area contributed by atoms with Crippen molar-refractivity contribution < 1.29 is 22.4 Å². The summed E-state index contributed by atoms with van der Waals surface area (Å²) in [6.45, 7) is 7.47. The fourth-order valence-electron chi connectivity index (χ4n) is 3.78. The molecule has 1 unspecified atom stereocenters. The number of nitrogens with zero attached hydrogens (tertiary/aromatic N) is 2. The molecule has 0 heterocycles. The summed E-state index contributed by atoms with van der Waals surface area (Å²) in [5.41, 5.74) is 2.75. The van der Waals surface area contributed by atoms with Crippen molar-refractivity contribution >= 4 is 27.5 Å². The second-order valence-corrected chi connectivity index (χ2v) is 10.4. The van der Waals surface area contributed by atoms with Gasteiger partial charge in [-0.05, 0) is 67.6 Å². The Bertz CT molecular complexity index is 1080. The van der Waals surface area contributed by atoms with Gasteiger partial charge in [-0.1, -0.05) is 32.0 Å². The highest BCUT2D eigenvalue weighted by molar-refractivity contribution is 7.92. The van der Waals surface area contributed by atoms with Gasteiger partial charge in [0.25, 0.3) is 0 Å². The highest BCUT2D eigenvalue weighted by Gasteiger charge is 2.31. The van der Waals surface area contributed by atoms with Crippen LogP contribution in [0.15, 0.2) is 42.5 Å². The van der Waals surface area contributed by atoms with Gasteiger partial charge in [0.2, 0.25) is 21.8 Å². The average Bonchev–Trinajstić information content (AvgIpc) is 2.75. The maximum absolute atomic E-state index is 13.6. The van der Waals surface area contributed by atoms with Gasteiger partial charge < -0.3 is 10.2 Å². The van der Waals surface area contributed by atoms with Crippen LogP contribution in [0.4, 0.5) is 10.1 Å². The third kappa shape index (κ3) is 7.55. The number of anilines is 1. The number of hydrogen-bond donors (Lipinski definition) is 1. The van der Waals surface area contributed by atoms with E-state index in [1.807, 2.05) is 26.8 Å². The number of nitrogens with one attached hydrogen (secondary N) is 1. The molecule has 0 aliphatic heterocycles. The minimum absolute atomic E-state index is 0.0433. The molecule has 0 radical (unpaired) electrons. The Labute approximate surface area is 202 Å². The number of aryl methyl sites for hydroxylation is 2. The number of sulfonamides is 1. The maximum atomic E-state index is 13.6. The van der Waals surface area contributed by atoms with Crippen molar-refractivity contribution in [2.75, 3.05) is 23.7 Å². The molecule has 0 fully saturated rings. The number of amides is 2. The molecule has 2 rings (SSSR count). The second-order valence-electron chi connectivity index (χ2n) is 8.48. The first kappa shape index (κ1) is 27.3. The standard InChI is InChI=1S/C25H34FN3O4S/c1-6-12-27-25(31)23(7-2)28(16-20-8-10-21(26)11-9-20)24(30)17-29(34(5,32)33)22-14-18(3)13-19(4)15-22/h8-11,13-15,23H,6-7,12,16-17H2,1-5H3,(H,27,31). The molecule has 0 aromatic heterocycles. The van der Waals surface area contributed by atoms with E-state index in [0.29, 0.717) is 24.2 Å². The number of carbonyl (C=O) groups excluding carboxylic acids is 2. The van der Waals surface area contributed by atoms with Crippen LogP contribution in [0.2, 0.25) is 0 Å². The fourth-order valence-corrected chi connectivity index (χ4v) is 4.61. The predicted molar refractivity (Wildman–Crippen MR) is 132 cm³/mol. The Morgan fingerprint density at radius 1 is 1.03 bits per heavy atom. The zero-order valence-corrected chi connectivity index (χ0v) is 21.3. The van der Waals surface area contributed by atoms with Crippen LogP contribution in [0.5, 0.6) is 0 Å². The van der Waals surface area contributed by atoms with E-state index < -0.39 is 34.3 Å². The van der Waals surface area contributed by atoms with Gasteiger partial charge in [0.1, 0.15) is 18.4 Å². The van der Waals surface area contributed by atoms with Crippen LogP contribution >= 0.6 is 0 Å². The van der Waals surface area contributed by atoms with Crippen LogP contribution in [-0.4, -0.2) is 50.5 Å². The van der Waals surface area contributed by atoms with E-state index in [4.69, 9.17) is 0 Å². The Balaban J connectivity index is 2.44. The van der Waals surface area contributed by atoms with Crippen molar-refractivity contribution in [2.45, 2.75) is 53.1 Å². The lowest BCUT2D eigenvalue weighted by molar-refractivity contribution is -0.140. The third-order valence-electron chi connectivity index (χ3n) is 5.37. The minimum atomic E-state index is -3.79.